The van der Waals surface area contributed by atoms with E-state index in [2.05, 4.69) is 25.3 Å². The minimum absolute atomic E-state index is 0.0773. The highest BCUT2D eigenvalue weighted by Crippen LogP contribution is 2.23. The number of halogens is 1. The molecule has 0 aliphatic carbocycles. The molecule has 1 atom stereocenters. The van der Waals surface area contributed by atoms with Crippen molar-refractivity contribution >= 4 is 17.0 Å². The minimum Gasteiger partial charge on any atom is -0.362 e. The zero-order valence-electron chi connectivity index (χ0n) is 11.2. The molecule has 3 aromatic rings. The van der Waals surface area contributed by atoms with Crippen molar-refractivity contribution in [2.24, 2.45) is 0 Å². The van der Waals surface area contributed by atoms with Gasteiger partial charge in [-0.3, -0.25) is 0 Å². The summed E-state index contributed by atoms with van der Waals surface area (Å²) in [5.74, 6) is 0.450. The highest BCUT2D eigenvalue weighted by atomic mass is 19.1. The van der Waals surface area contributed by atoms with Gasteiger partial charge in [-0.05, 0) is 31.0 Å². The van der Waals surface area contributed by atoms with Gasteiger partial charge in [0.15, 0.2) is 11.5 Å². The number of imidazole rings is 1. The lowest BCUT2D eigenvalue weighted by molar-refractivity contribution is 0.614. The summed E-state index contributed by atoms with van der Waals surface area (Å²) in [5.41, 5.74) is 2.84. The van der Waals surface area contributed by atoms with Gasteiger partial charge in [0.05, 0.1) is 12.4 Å². The Hall–Kier alpha value is -2.50. The fourth-order valence-electron chi connectivity index (χ4n) is 2.04. The van der Waals surface area contributed by atoms with Crippen molar-refractivity contribution in [1.82, 2.24) is 19.9 Å². The molecule has 1 unspecified atom stereocenters. The number of nitrogens with one attached hydrogen (secondary N) is 2. The zero-order chi connectivity index (χ0) is 14.1. The van der Waals surface area contributed by atoms with E-state index in [-0.39, 0.29) is 11.9 Å². The molecule has 3 rings (SSSR count). The molecule has 0 aliphatic rings. The maximum absolute atomic E-state index is 13.6. The van der Waals surface area contributed by atoms with Gasteiger partial charge in [0.2, 0.25) is 0 Å². The second-order valence-corrected chi connectivity index (χ2v) is 4.70. The zero-order valence-corrected chi connectivity index (χ0v) is 11.2. The number of fused-ring (bicyclic) bond motifs is 1. The third-order valence-electron chi connectivity index (χ3n) is 3.27. The van der Waals surface area contributed by atoms with Gasteiger partial charge in [-0.1, -0.05) is 12.1 Å². The van der Waals surface area contributed by atoms with Crippen LogP contribution in [0.1, 0.15) is 24.1 Å². The van der Waals surface area contributed by atoms with Gasteiger partial charge < -0.3 is 10.3 Å². The lowest BCUT2D eigenvalue weighted by atomic mass is 10.1. The van der Waals surface area contributed by atoms with Crippen molar-refractivity contribution in [3.8, 4) is 0 Å². The van der Waals surface area contributed by atoms with Gasteiger partial charge in [-0.2, -0.15) is 0 Å². The first-order chi connectivity index (χ1) is 9.65. The number of hydrogen-bond donors (Lipinski definition) is 2. The molecule has 0 saturated carbocycles. The van der Waals surface area contributed by atoms with Gasteiger partial charge in [-0.25, -0.2) is 19.3 Å². The summed E-state index contributed by atoms with van der Waals surface area (Å²) in [7, 11) is 0. The highest BCUT2D eigenvalue weighted by molar-refractivity contribution is 5.82. The molecule has 0 spiro atoms. The van der Waals surface area contributed by atoms with Crippen LogP contribution < -0.4 is 5.32 Å². The smallest absolute Gasteiger partial charge is 0.182 e. The van der Waals surface area contributed by atoms with E-state index in [1.54, 1.807) is 25.4 Å². The standard InChI is InChI=1S/C14H14FN5/c1-8-3-4-10(5-11(8)15)9(2)20-14-12-13(17-6-16-12)18-7-19-14/h3-7,9H,1-2H3,(H2,16,17,18,19,20). The van der Waals surface area contributed by atoms with Gasteiger partial charge in [0, 0.05) is 0 Å². The fourth-order valence-corrected chi connectivity index (χ4v) is 2.04. The average molecular weight is 271 g/mol. The monoisotopic (exact) mass is 271 g/mol. The van der Waals surface area contributed by atoms with Crippen LogP contribution >= 0.6 is 0 Å². The molecule has 2 heterocycles. The van der Waals surface area contributed by atoms with Crippen LogP contribution in [0.25, 0.3) is 11.2 Å². The predicted molar refractivity (Wildman–Crippen MR) is 74.9 cm³/mol. The van der Waals surface area contributed by atoms with E-state index >= 15 is 0 Å². The molecule has 0 amide bonds. The maximum atomic E-state index is 13.6. The number of aromatic nitrogens is 4. The number of aryl methyl sites for hydroxylation is 1. The van der Waals surface area contributed by atoms with Crippen LogP contribution in [-0.2, 0) is 0 Å². The average Bonchev–Trinajstić information content (AvgIpc) is 2.91. The lowest BCUT2D eigenvalue weighted by Crippen LogP contribution is -2.09. The molecule has 0 radical (unpaired) electrons. The SMILES string of the molecule is Cc1ccc(C(C)Nc2ncnc3nc[nH]c23)cc1F. The quantitative estimate of drug-likeness (QED) is 0.768. The Kier molecular flexibility index (Phi) is 3.06. The number of benzene rings is 1. The summed E-state index contributed by atoms with van der Waals surface area (Å²) < 4.78 is 13.6. The van der Waals surface area contributed by atoms with E-state index in [1.807, 2.05) is 13.0 Å². The number of hydrogen-bond acceptors (Lipinski definition) is 4. The molecular formula is C14H14FN5. The van der Waals surface area contributed by atoms with Crippen molar-refractivity contribution in [3.63, 3.8) is 0 Å². The molecule has 20 heavy (non-hydrogen) atoms. The van der Waals surface area contributed by atoms with Crippen LogP contribution in [0.4, 0.5) is 10.2 Å². The summed E-state index contributed by atoms with van der Waals surface area (Å²) in [4.78, 5) is 15.3. The number of rotatable bonds is 3. The van der Waals surface area contributed by atoms with Crippen LogP contribution in [-0.4, -0.2) is 19.9 Å². The molecule has 0 bridgehead atoms. The first kappa shape index (κ1) is 12.5. The Labute approximate surface area is 115 Å². The number of anilines is 1. The highest BCUT2D eigenvalue weighted by Gasteiger charge is 2.11. The Balaban J connectivity index is 1.90. The van der Waals surface area contributed by atoms with Crippen molar-refractivity contribution in [2.75, 3.05) is 5.32 Å². The number of aromatic amines is 1. The largest absolute Gasteiger partial charge is 0.362 e. The van der Waals surface area contributed by atoms with Crippen LogP contribution in [0.2, 0.25) is 0 Å². The predicted octanol–water partition coefficient (Wildman–Crippen LogP) is 2.97. The van der Waals surface area contributed by atoms with Crippen LogP contribution in [0.5, 0.6) is 0 Å². The minimum atomic E-state index is -0.203. The Morgan fingerprint density at radius 2 is 2.10 bits per heavy atom. The van der Waals surface area contributed by atoms with Gasteiger partial charge in [0.1, 0.15) is 17.7 Å². The van der Waals surface area contributed by atoms with Crippen molar-refractivity contribution in [1.29, 1.82) is 0 Å². The van der Waals surface area contributed by atoms with Gasteiger partial charge in [0.25, 0.3) is 0 Å². The Morgan fingerprint density at radius 1 is 1.25 bits per heavy atom. The van der Waals surface area contributed by atoms with Gasteiger partial charge >= 0.3 is 0 Å². The summed E-state index contributed by atoms with van der Waals surface area (Å²) in [5, 5.41) is 3.24. The van der Waals surface area contributed by atoms with Gasteiger partial charge in [-0.15, -0.1) is 0 Å². The second kappa shape index (κ2) is 4.88. The third kappa shape index (κ3) is 2.20. The molecule has 1 aromatic carbocycles. The van der Waals surface area contributed by atoms with Crippen molar-refractivity contribution in [2.45, 2.75) is 19.9 Å². The van der Waals surface area contributed by atoms with Crippen LogP contribution in [0.15, 0.2) is 30.9 Å². The third-order valence-corrected chi connectivity index (χ3v) is 3.27. The van der Waals surface area contributed by atoms with E-state index in [9.17, 15) is 4.39 Å². The van der Waals surface area contributed by atoms with Crippen molar-refractivity contribution in [3.05, 3.63) is 47.8 Å². The van der Waals surface area contributed by atoms with E-state index in [0.717, 1.165) is 11.1 Å². The fraction of sp³-hybridized carbons (Fsp3) is 0.214. The molecule has 0 aliphatic heterocycles. The second-order valence-electron chi connectivity index (χ2n) is 4.70. The van der Waals surface area contributed by atoms with E-state index in [0.29, 0.717) is 17.0 Å². The van der Waals surface area contributed by atoms with E-state index < -0.39 is 0 Å². The molecule has 6 heteroatoms. The van der Waals surface area contributed by atoms with Crippen molar-refractivity contribution < 1.29 is 4.39 Å². The number of H-pyrrole nitrogens is 1. The summed E-state index contributed by atoms with van der Waals surface area (Å²) in [6.45, 7) is 3.70. The lowest BCUT2D eigenvalue weighted by Gasteiger charge is -2.15. The normalized spacial score (nSPS) is 12.6. The molecule has 0 fully saturated rings. The molecule has 5 nitrogen and oxygen atoms in total. The first-order valence-electron chi connectivity index (χ1n) is 6.32. The summed E-state index contributed by atoms with van der Waals surface area (Å²) in [6, 6.07) is 5.14. The maximum Gasteiger partial charge on any atom is 0.182 e. The molecule has 0 saturated heterocycles. The molecular weight excluding hydrogens is 257 g/mol. The molecule has 2 aromatic heterocycles. The Bertz CT molecular complexity index is 752. The first-order valence-corrected chi connectivity index (χ1v) is 6.32. The number of nitrogens with zero attached hydrogens (tertiary/aromatic N) is 3. The summed E-state index contributed by atoms with van der Waals surface area (Å²) in [6.07, 6.45) is 3.02. The molecule has 102 valence electrons. The summed E-state index contributed by atoms with van der Waals surface area (Å²) >= 11 is 0. The van der Waals surface area contributed by atoms with Crippen LogP contribution in [0, 0.1) is 12.7 Å². The molecule has 2 N–H and O–H groups in total. The Morgan fingerprint density at radius 3 is 2.90 bits per heavy atom. The van der Waals surface area contributed by atoms with E-state index in [1.165, 1.54) is 6.33 Å². The van der Waals surface area contributed by atoms with E-state index in [4.69, 9.17) is 0 Å². The topological polar surface area (TPSA) is 66.5 Å². The van der Waals surface area contributed by atoms with Crippen LogP contribution in [0.3, 0.4) is 0 Å².